The van der Waals surface area contributed by atoms with Crippen LogP contribution in [0.25, 0.3) is 0 Å². The summed E-state index contributed by atoms with van der Waals surface area (Å²) in [5, 5.41) is 0. The van der Waals surface area contributed by atoms with Crippen molar-refractivity contribution in [2.24, 2.45) is 11.7 Å². The molecule has 0 bridgehead atoms. The number of nitrogens with two attached hydrogens (primary N) is 1. The third kappa shape index (κ3) is 5.14. The lowest BCUT2D eigenvalue weighted by atomic mass is 9.99. The molecule has 94 valence electrons. The average Bonchev–Trinajstić information content (AvgIpc) is 2.26. The molecule has 0 fully saturated rings. The van der Waals surface area contributed by atoms with Crippen molar-refractivity contribution in [3.05, 3.63) is 35.4 Å². The van der Waals surface area contributed by atoms with Gasteiger partial charge in [0.05, 0.1) is 0 Å². The first-order chi connectivity index (χ1) is 7.99. The van der Waals surface area contributed by atoms with Crippen LogP contribution >= 0.6 is 0 Å². The van der Waals surface area contributed by atoms with E-state index in [1.165, 1.54) is 5.56 Å². The molecule has 0 heterocycles. The molecule has 0 spiro atoms. The average molecular weight is 233 g/mol. The molecule has 0 radical (unpaired) electrons. The molecule has 2 heteroatoms. The summed E-state index contributed by atoms with van der Waals surface area (Å²) in [5.74, 6) is 0.841. The standard InChI is InChI=1S/C15H23NO/c1-11(2)10-13-5-7-14(8-6-13)15(17)9-4-12(3)16/h5-8,11-12H,4,9-10,16H2,1-3H3. The minimum Gasteiger partial charge on any atom is -0.328 e. The summed E-state index contributed by atoms with van der Waals surface area (Å²) in [5.41, 5.74) is 7.74. The number of carbonyl (C=O) groups is 1. The van der Waals surface area contributed by atoms with Crippen LogP contribution in [0.4, 0.5) is 0 Å². The van der Waals surface area contributed by atoms with E-state index in [-0.39, 0.29) is 11.8 Å². The highest BCUT2D eigenvalue weighted by atomic mass is 16.1. The molecule has 0 amide bonds. The molecule has 1 rings (SSSR count). The van der Waals surface area contributed by atoms with Crippen LogP contribution < -0.4 is 5.73 Å². The van der Waals surface area contributed by atoms with Gasteiger partial charge >= 0.3 is 0 Å². The second-order valence-electron chi connectivity index (χ2n) is 5.23. The van der Waals surface area contributed by atoms with Crippen LogP contribution in [0, 0.1) is 5.92 Å². The van der Waals surface area contributed by atoms with E-state index in [1.807, 2.05) is 19.1 Å². The zero-order chi connectivity index (χ0) is 12.8. The fraction of sp³-hybridized carbons (Fsp3) is 0.533. The first-order valence-corrected chi connectivity index (χ1v) is 6.36. The fourth-order valence-corrected chi connectivity index (χ4v) is 1.80. The van der Waals surface area contributed by atoms with E-state index < -0.39 is 0 Å². The number of rotatable bonds is 6. The largest absolute Gasteiger partial charge is 0.328 e. The SMILES string of the molecule is CC(C)Cc1ccc(C(=O)CCC(C)N)cc1. The zero-order valence-electron chi connectivity index (χ0n) is 11.1. The minimum atomic E-state index is 0.0964. The Labute approximate surface area is 104 Å². The Kier molecular flexibility index (Phi) is 5.36. The van der Waals surface area contributed by atoms with Crippen LogP contribution in [0.15, 0.2) is 24.3 Å². The van der Waals surface area contributed by atoms with Crippen LogP contribution in [-0.4, -0.2) is 11.8 Å². The van der Waals surface area contributed by atoms with E-state index in [0.717, 1.165) is 18.4 Å². The third-order valence-electron chi connectivity index (χ3n) is 2.75. The second kappa shape index (κ2) is 6.55. The van der Waals surface area contributed by atoms with Gasteiger partial charge < -0.3 is 5.73 Å². The summed E-state index contributed by atoms with van der Waals surface area (Å²) in [6, 6.07) is 8.07. The van der Waals surface area contributed by atoms with E-state index in [9.17, 15) is 4.79 Å². The molecular formula is C15H23NO. The lowest BCUT2D eigenvalue weighted by Gasteiger charge is -2.07. The van der Waals surface area contributed by atoms with Gasteiger partial charge in [0.1, 0.15) is 0 Å². The molecule has 1 atom stereocenters. The van der Waals surface area contributed by atoms with E-state index in [1.54, 1.807) is 0 Å². The van der Waals surface area contributed by atoms with Gasteiger partial charge in [-0.3, -0.25) is 4.79 Å². The lowest BCUT2D eigenvalue weighted by molar-refractivity contribution is 0.0978. The van der Waals surface area contributed by atoms with Crippen molar-refractivity contribution in [3.8, 4) is 0 Å². The zero-order valence-corrected chi connectivity index (χ0v) is 11.1. The van der Waals surface area contributed by atoms with E-state index in [0.29, 0.717) is 12.3 Å². The van der Waals surface area contributed by atoms with E-state index in [2.05, 4.69) is 26.0 Å². The summed E-state index contributed by atoms with van der Waals surface area (Å²) >= 11 is 0. The van der Waals surface area contributed by atoms with Gasteiger partial charge in [0.25, 0.3) is 0 Å². The van der Waals surface area contributed by atoms with Crippen molar-refractivity contribution in [1.82, 2.24) is 0 Å². The number of hydrogen-bond donors (Lipinski definition) is 1. The first kappa shape index (κ1) is 13.9. The molecule has 1 aromatic carbocycles. The molecular weight excluding hydrogens is 210 g/mol. The molecule has 0 saturated carbocycles. The predicted octanol–water partition coefficient (Wildman–Crippen LogP) is 3.20. The van der Waals surface area contributed by atoms with Gasteiger partial charge in [0.15, 0.2) is 5.78 Å². The van der Waals surface area contributed by atoms with Crippen LogP contribution in [-0.2, 0) is 6.42 Å². The maximum absolute atomic E-state index is 11.8. The summed E-state index contributed by atoms with van der Waals surface area (Å²) < 4.78 is 0. The number of carbonyl (C=O) groups excluding carboxylic acids is 1. The summed E-state index contributed by atoms with van der Waals surface area (Å²) in [6.07, 6.45) is 2.36. The Bertz CT molecular complexity index is 352. The summed E-state index contributed by atoms with van der Waals surface area (Å²) in [7, 11) is 0. The van der Waals surface area contributed by atoms with Gasteiger partial charge in [-0.05, 0) is 31.2 Å². The molecule has 0 aliphatic heterocycles. The highest BCUT2D eigenvalue weighted by molar-refractivity contribution is 5.96. The van der Waals surface area contributed by atoms with Crippen LogP contribution in [0.3, 0.4) is 0 Å². The molecule has 1 unspecified atom stereocenters. The van der Waals surface area contributed by atoms with Gasteiger partial charge in [-0.1, -0.05) is 38.1 Å². The molecule has 0 aliphatic rings. The number of benzene rings is 1. The second-order valence-corrected chi connectivity index (χ2v) is 5.23. The monoisotopic (exact) mass is 233 g/mol. The smallest absolute Gasteiger partial charge is 0.162 e. The highest BCUT2D eigenvalue weighted by Crippen LogP contribution is 2.12. The summed E-state index contributed by atoms with van der Waals surface area (Å²) in [6.45, 7) is 6.32. The normalized spacial score (nSPS) is 12.8. The molecule has 2 nitrogen and oxygen atoms in total. The molecule has 0 aliphatic carbocycles. The van der Waals surface area contributed by atoms with Crippen LogP contribution in [0.1, 0.15) is 49.5 Å². The van der Waals surface area contributed by atoms with Crippen molar-refractivity contribution >= 4 is 5.78 Å². The van der Waals surface area contributed by atoms with Gasteiger partial charge in [-0.25, -0.2) is 0 Å². The summed E-state index contributed by atoms with van der Waals surface area (Å²) in [4.78, 5) is 11.8. The highest BCUT2D eigenvalue weighted by Gasteiger charge is 2.07. The van der Waals surface area contributed by atoms with Gasteiger partial charge in [-0.2, -0.15) is 0 Å². The van der Waals surface area contributed by atoms with Crippen molar-refractivity contribution in [2.45, 2.75) is 46.1 Å². The maximum Gasteiger partial charge on any atom is 0.162 e. The fourth-order valence-electron chi connectivity index (χ4n) is 1.80. The molecule has 2 N–H and O–H groups in total. The number of hydrogen-bond acceptors (Lipinski definition) is 2. The number of ketones is 1. The number of Topliss-reactive ketones (excluding diaryl/α,β-unsaturated/α-hetero) is 1. The maximum atomic E-state index is 11.8. The van der Waals surface area contributed by atoms with E-state index >= 15 is 0 Å². The predicted molar refractivity (Wildman–Crippen MR) is 72.2 cm³/mol. The van der Waals surface area contributed by atoms with Crippen molar-refractivity contribution in [1.29, 1.82) is 0 Å². The van der Waals surface area contributed by atoms with E-state index in [4.69, 9.17) is 5.73 Å². The molecule has 0 saturated heterocycles. The first-order valence-electron chi connectivity index (χ1n) is 6.36. The quantitative estimate of drug-likeness (QED) is 0.767. The minimum absolute atomic E-state index is 0.0964. The Hall–Kier alpha value is -1.15. The topological polar surface area (TPSA) is 43.1 Å². The third-order valence-corrected chi connectivity index (χ3v) is 2.75. The molecule has 1 aromatic rings. The molecule has 0 aromatic heterocycles. The lowest BCUT2D eigenvalue weighted by Crippen LogP contribution is -2.16. The van der Waals surface area contributed by atoms with Crippen molar-refractivity contribution < 1.29 is 4.79 Å². The Morgan fingerprint density at radius 3 is 2.24 bits per heavy atom. The Morgan fingerprint density at radius 2 is 1.76 bits per heavy atom. The Balaban J connectivity index is 2.57. The van der Waals surface area contributed by atoms with Crippen LogP contribution in [0.5, 0.6) is 0 Å². The molecule has 17 heavy (non-hydrogen) atoms. The Morgan fingerprint density at radius 1 is 1.18 bits per heavy atom. The van der Waals surface area contributed by atoms with Gasteiger partial charge in [0.2, 0.25) is 0 Å². The van der Waals surface area contributed by atoms with Gasteiger partial charge in [-0.15, -0.1) is 0 Å². The van der Waals surface area contributed by atoms with Crippen LogP contribution in [0.2, 0.25) is 0 Å². The van der Waals surface area contributed by atoms with Gasteiger partial charge in [0, 0.05) is 18.0 Å². The van der Waals surface area contributed by atoms with Crippen molar-refractivity contribution in [3.63, 3.8) is 0 Å². The van der Waals surface area contributed by atoms with Crippen molar-refractivity contribution in [2.75, 3.05) is 0 Å².